The third-order valence-corrected chi connectivity index (χ3v) is 5.61. The summed E-state index contributed by atoms with van der Waals surface area (Å²) in [7, 11) is 0. The first-order valence-corrected chi connectivity index (χ1v) is 9.35. The minimum absolute atomic E-state index is 0.0177. The number of aryl methyl sites for hydroxylation is 1. The van der Waals surface area contributed by atoms with E-state index in [1.807, 2.05) is 17.0 Å². The van der Waals surface area contributed by atoms with Gasteiger partial charge in [-0.05, 0) is 43.9 Å². The van der Waals surface area contributed by atoms with Crippen LogP contribution in [0.25, 0.3) is 16.3 Å². The van der Waals surface area contributed by atoms with Crippen LogP contribution >= 0.6 is 11.3 Å². The Morgan fingerprint density at radius 2 is 2.24 bits per heavy atom. The standard InChI is InChI=1S/C18H21N5OS/c1-11-4-3-7-22(9-11)18(24)13-8-14(19)17-20-16(21-23(17)10-13)15-6-5-12(2)25-15/h5-6,8,10-11H,3-4,7,9,19H2,1-2H3. The maximum atomic E-state index is 12.8. The van der Waals surface area contributed by atoms with Gasteiger partial charge in [0.25, 0.3) is 5.91 Å². The number of amides is 1. The van der Waals surface area contributed by atoms with Crippen molar-refractivity contribution < 1.29 is 4.79 Å². The lowest BCUT2D eigenvalue weighted by molar-refractivity contribution is 0.0682. The average Bonchev–Trinajstić information content (AvgIpc) is 3.20. The van der Waals surface area contributed by atoms with Crippen LogP contribution in [0.2, 0.25) is 0 Å². The minimum Gasteiger partial charge on any atom is -0.396 e. The molecule has 3 aromatic rings. The summed E-state index contributed by atoms with van der Waals surface area (Å²) in [6.07, 6.45) is 3.97. The molecule has 0 aromatic carbocycles. The van der Waals surface area contributed by atoms with E-state index in [4.69, 9.17) is 5.73 Å². The summed E-state index contributed by atoms with van der Waals surface area (Å²) in [6, 6.07) is 5.77. The quantitative estimate of drug-likeness (QED) is 0.766. The smallest absolute Gasteiger partial charge is 0.255 e. The van der Waals surface area contributed by atoms with Crippen molar-refractivity contribution in [2.24, 2.45) is 5.92 Å². The SMILES string of the molecule is Cc1ccc(-c2nc3c(N)cc(C(=O)N4CCCC(C)C4)cn3n2)s1. The number of aromatic nitrogens is 3. The predicted molar refractivity (Wildman–Crippen MR) is 99.8 cm³/mol. The molecular weight excluding hydrogens is 334 g/mol. The van der Waals surface area contributed by atoms with Crippen molar-refractivity contribution in [1.29, 1.82) is 0 Å². The number of piperidine rings is 1. The van der Waals surface area contributed by atoms with E-state index in [1.54, 1.807) is 28.1 Å². The lowest BCUT2D eigenvalue weighted by Gasteiger charge is -2.31. The predicted octanol–water partition coefficient (Wildman–Crippen LogP) is 3.22. The number of pyridine rings is 1. The van der Waals surface area contributed by atoms with Crippen LogP contribution in [0.15, 0.2) is 24.4 Å². The molecule has 1 unspecified atom stereocenters. The second-order valence-corrected chi connectivity index (χ2v) is 8.08. The molecule has 130 valence electrons. The molecule has 2 N–H and O–H groups in total. The fourth-order valence-electron chi connectivity index (χ4n) is 3.34. The van der Waals surface area contributed by atoms with Crippen LogP contribution < -0.4 is 5.73 Å². The molecule has 1 fully saturated rings. The van der Waals surface area contributed by atoms with E-state index in [1.165, 1.54) is 11.3 Å². The van der Waals surface area contributed by atoms with E-state index in [0.29, 0.717) is 28.6 Å². The molecular formula is C18H21N5OS. The number of rotatable bonds is 2. The molecule has 1 aliphatic rings. The molecule has 0 radical (unpaired) electrons. The summed E-state index contributed by atoms with van der Waals surface area (Å²) < 4.78 is 1.63. The highest BCUT2D eigenvalue weighted by atomic mass is 32.1. The topological polar surface area (TPSA) is 76.5 Å². The van der Waals surface area contributed by atoms with Gasteiger partial charge in [-0.1, -0.05) is 6.92 Å². The van der Waals surface area contributed by atoms with E-state index in [-0.39, 0.29) is 5.91 Å². The van der Waals surface area contributed by atoms with Crippen molar-refractivity contribution in [2.45, 2.75) is 26.7 Å². The van der Waals surface area contributed by atoms with E-state index in [2.05, 4.69) is 23.9 Å². The number of nitrogens with zero attached hydrogens (tertiary/aromatic N) is 4. The van der Waals surface area contributed by atoms with Crippen molar-refractivity contribution in [1.82, 2.24) is 19.5 Å². The number of likely N-dealkylation sites (tertiary alicyclic amines) is 1. The molecule has 1 amide bonds. The van der Waals surface area contributed by atoms with Crippen LogP contribution in [0.4, 0.5) is 5.69 Å². The summed E-state index contributed by atoms with van der Waals surface area (Å²) in [6.45, 7) is 5.84. The van der Waals surface area contributed by atoms with E-state index in [0.717, 1.165) is 24.4 Å². The molecule has 7 heteroatoms. The van der Waals surface area contributed by atoms with Crippen LogP contribution in [-0.4, -0.2) is 38.5 Å². The van der Waals surface area contributed by atoms with Gasteiger partial charge in [-0.15, -0.1) is 16.4 Å². The van der Waals surface area contributed by atoms with Crippen LogP contribution in [-0.2, 0) is 0 Å². The van der Waals surface area contributed by atoms with Gasteiger partial charge in [0.2, 0.25) is 0 Å². The molecule has 4 rings (SSSR count). The van der Waals surface area contributed by atoms with Crippen LogP contribution in [0.3, 0.4) is 0 Å². The summed E-state index contributed by atoms with van der Waals surface area (Å²) in [5.41, 5.74) is 7.79. The van der Waals surface area contributed by atoms with Crippen LogP contribution in [0, 0.1) is 12.8 Å². The lowest BCUT2D eigenvalue weighted by Crippen LogP contribution is -2.39. The number of nitrogens with two attached hydrogens (primary N) is 1. The summed E-state index contributed by atoms with van der Waals surface area (Å²) in [5, 5.41) is 4.53. The monoisotopic (exact) mass is 355 g/mol. The Hall–Kier alpha value is -2.41. The van der Waals surface area contributed by atoms with Gasteiger partial charge in [-0.25, -0.2) is 9.50 Å². The average molecular weight is 355 g/mol. The Kier molecular flexibility index (Phi) is 3.95. The van der Waals surface area contributed by atoms with Gasteiger partial charge in [-0.3, -0.25) is 4.79 Å². The molecule has 6 nitrogen and oxygen atoms in total. The molecule has 25 heavy (non-hydrogen) atoms. The van der Waals surface area contributed by atoms with Gasteiger partial charge < -0.3 is 10.6 Å². The van der Waals surface area contributed by atoms with E-state index in [9.17, 15) is 4.79 Å². The van der Waals surface area contributed by atoms with Gasteiger partial charge in [0.1, 0.15) is 0 Å². The molecule has 4 heterocycles. The zero-order valence-electron chi connectivity index (χ0n) is 14.4. The van der Waals surface area contributed by atoms with Gasteiger partial charge in [0.15, 0.2) is 11.5 Å². The number of hydrogen-bond donors (Lipinski definition) is 1. The summed E-state index contributed by atoms with van der Waals surface area (Å²) in [4.78, 5) is 21.5. The fraction of sp³-hybridized carbons (Fsp3) is 0.389. The summed E-state index contributed by atoms with van der Waals surface area (Å²) >= 11 is 1.64. The van der Waals surface area contributed by atoms with E-state index < -0.39 is 0 Å². The third-order valence-electron chi connectivity index (χ3n) is 4.61. The molecule has 0 saturated carbocycles. The first-order valence-electron chi connectivity index (χ1n) is 8.53. The molecule has 0 spiro atoms. The zero-order chi connectivity index (χ0) is 17.6. The Balaban J connectivity index is 1.70. The molecule has 0 bridgehead atoms. The van der Waals surface area contributed by atoms with Crippen molar-refractivity contribution in [2.75, 3.05) is 18.8 Å². The van der Waals surface area contributed by atoms with Gasteiger partial charge in [0.05, 0.1) is 16.1 Å². The number of carbonyl (C=O) groups is 1. The number of thiophene rings is 1. The number of hydrogen-bond acceptors (Lipinski definition) is 5. The Labute approximate surface area is 150 Å². The number of fused-ring (bicyclic) bond motifs is 1. The fourth-order valence-corrected chi connectivity index (χ4v) is 4.14. The first kappa shape index (κ1) is 16.1. The zero-order valence-corrected chi connectivity index (χ0v) is 15.2. The highest BCUT2D eigenvalue weighted by Crippen LogP contribution is 2.27. The van der Waals surface area contributed by atoms with Crippen molar-refractivity contribution in [3.8, 4) is 10.7 Å². The largest absolute Gasteiger partial charge is 0.396 e. The molecule has 1 aliphatic heterocycles. The van der Waals surface area contributed by atoms with Crippen molar-refractivity contribution in [3.05, 3.63) is 34.8 Å². The van der Waals surface area contributed by atoms with Crippen LogP contribution in [0.1, 0.15) is 35.0 Å². The highest BCUT2D eigenvalue weighted by Gasteiger charge is 2.23. The van der Waals surface area contributed by atoms with E-state index >= 15 is 0 Å². The Morgan fingerprint density at radius 3 is 2.96 bits per heavy atom. The molecule has 0 aliphatic carbocycles. The lowest BCUT2D eigenvalue weighted by atomic mass is 10.00. The number of nitrogen functional groups attached to an aromatic ring is 1. The Morgan fingerprint density at radius 1 is 1.40 bits per heavy atom. The highest BCUT2D eigenvalue weighted by molar-refractivity contribution is 7.15. The normalized spacial score (nSPS) is 18.0. The second-order valence-electron chi connectivity index (χ2n) is 6.80. The Bertz CT molecular complexity index is 944. The maximum Gasteiger partial charge on any atom is 0.255 e. The minimum atomic E-state index is 0.0177. The summed E-state index contributed by atoms with van der Waals surface area (Å²) in [5.74, 6) is 1.20. The number of anilines is 1. The molecule has 1 atom stereocenters. The second kappa shape index (κ2) is 6.15. The maximum absolute atomic E-state index is 12.8. The van der Waals surface area contributed by atoms with Gasteiger partial charge in [0, 0.05) is 24.2 Å². The van der Waals surface area contributed by atoms with Crippen LogP contribution in [0.5, 0.6) is 0 Å². The number of carbonyl (C=O) groups excluding carboxylic acids is 1. The van der Waals surface area contributed by atoms with Gasteiger partial charge in [-0.2, -0.15) is 0 Å². The first-order chi connectivity index (χ1) is 12.0. The van der Waals surface area contributed by atoms with Crippen molar-refractivity contribution >= 4 is 28.6 Å². The third kappa shape index (κ3) is 3.00. The van der Waals surface area contributed by atoms with Crippen molar-refractivity contribution in [3.63, 3.8) is 0 Å². The van der Waals surface area contributed by atoms with Gasteiger partial charge >= 0.3 is 0 Å². The molecule has 3 aromatic heterocycles. The molecule has 1 saturated heterocycles.